The monoisotopic (exact) mass is 213 g/mol. The fourth-order valence-electron chi connectivity index (χ4n) is 2.12. The summed E-state index contributed by atoms with van der Waals surface area (Å²) in [5.74, 6) is 0.675. The second-order valence-corrected chi connectivity index (χ2v) is 4.50. The van der Waals surface area contributed by atoms with E-state index in [4.69, 9.17) is 5.73 Å². The Hall–Kier alpha value is -1.34. The maximum absolute atomic E-state index is 5.59. The largest absolute Gasteiger partial charge is 0.326 e. The van der Waals surface area contributed by atoms with Gasteiger partial charge >= 0.3 is 0 Å². The van der Waals surface area contributed by atoms with Crippen LogP contribution >= 0.6 is 0 Å². The number of hydrogen-bond donors (Lipinski definition) is 1. The molecule has 0 aliphatic heterocycles. The topological polar surface area (TPSA) is 26.0 Å². The van der Waals surface area contributed by atoms with Crippen molar-refractivity contribution < 1.29 is 0 Å². The van der Waals surface area contributed by atoms with Gasteiger partial charge in [-0.1, -0.05) is 48.1 Å². The van der Waals surface area contributed by atoms with Crippen molar-refractivity contribution in [3.63, 3.8) is 0 Å². The summed E-state index contributed by atoms with van der Waals surface area (Å²) in [6.45, 7) is 2.85. The van der Waals surface area contributed by atoms with Gasteiger partial charge in [0.15, 0.2) is 0 Å². The molecule has 2 rings (SSSR count). The molecule has 84 valence electrons. The van der Waals surface area contributed by atoms with Crippen LogP contribution in [0.15, 0.2) is 48.1 Å². The van der Waals surface area contributed by atoms with Crippen LogP contribution in [0.4, 0.5) is 0 Å². The normalized spacial score (nSPS) is 19.6. The fourth-order valence-corrected chi connectivity index (χ4v) is 2.12. The lowest BCUT2D eigenvalue weighted by molar-refractivity contribution is 0.613. The number of rotatable bonds is 3. The van der Waals surface area contributed by atoms with Crippen LogP contribution < -0.4 is 5.73 Å². The van der Waals surface area contributed by atoms with Gasteiger partial charge in [0.1, 0.15) is 0 Å². The molecule has 1 unspecified atom stereocenters. The van der Waals surface area contributed by atoms with Crippen molar-refractivity contribution in [3.8, 4) is 0 Å². The Morgan fingerprint density at radius 2 is 1.88 bits per heavy atom. The molecule has 0 amide bonds. The molecule has 0 fully saturated rings. The van der Waals surface area contributed by atoms with E-state index in [1.807, 2.05) is 0 Å². The maximum atomic E-state index is 5.59. The number of allylic oxidation sites excluding steroid dienone is 4. The minimum Gasteiger partial charge on any atom is -0.326 e. The van der Waals surface area contributed by atoms with Gasteiger partial charge in [0.25, 0.3) is 0 Å². The Balaban J connectivity index is 2.03. The van der Waals surface area contributed by atoms with E-state index in [-0.39, 0.29) is 0 Å². The molecule has 0 bridgehead atoms. The zero-order valence-corrected chi connectivity index (χ0v) is 9.82. The first-order valence-electron chi connectivity index (χ1n) is 5.91. The maximum Gasteiger partial charge on any atom is 0.0178 e. The molecule has 0 spiro atoms. The molecule has 0 saturated carbocycles. The Labute approximate surface area is 97.7 Å². The molecule has 16 heavy (non-hydrogen) atoms. The number of hydrogen-bond acceptors (Lipinski definition) is 1. The molecule has 1 nitrogen and oxygen atoms in total. The second-order valence-electron chi connectivity index (χ2n) is 4.50. The zero-order valence-electron chi connectivity index (χ0n) is 9.82. The van der Waals surface area contributed by atoms with Gasteiger partial charge in [-0.2, -0.15) is 0 Å². The molecule has 1 aliphatic rings. The van der Waals surface area contributed by atoms with Crippen molar-refractivity contribution in [1.29, 1.82) is 0 Å². The molecule has 0 radical (unpaired) electrons. The summed E-state index contributed by atoms with van der Waals surface area (Å²) in [5.41, 5.74) is 9.69. The quantitative estimate of drug-likeness (QED) is 0.819. The highest BCUT2D eigenvalue weighted by Crippen LogP contribution is 2.24. The average Bonchev–Trinajstić information content (AvgIpc) is 2.33. The SMILES string of the molecule is CC1=CC=CCC1Cc1ccc(CN)cc1. The zero-order chi connectivity index (χ0) is 11.4. The van der Waals surface area contributed by atoms with Gasteiger partial charge in [0.2, 0.25) is 0 Å². The van der Waals surface area contributed by atoms with Gasteiger partial charge in [-0.25, -0.2) is 0 Å². The lowest BCUT2D eigenvalue weighted by atomic mass is 9.87. The summed E-state index contributed by atoms with van der Waals surface area (Å²) < 4.78 is 0. The predicted octanol–water partition coefficient (Wildman–Crippen LogP) is 3.21. The third-order valence-corrected chi connectivity index (χ3v) is 3.30. The highest BCUT2D eigenvalue weighted by molar-refractivity contribution is 5.26. The van der Waals surface area contributed by atoms with Crippen LogP contribution in [-0.2, 0) is 13.0 Å². The third kappa shape index (κ3) is 2.61. The summed E-state index contributed by atoms with van der Waals surface area (Å²) in [4.78, 5) is 0. The average molecular weight is 213 g/mol. The summed E-state index contributed by atoms with van der Waals surface area (Å²) in [6, 6.07) is 8.67. The molecule has 1 aliphatic carbocycles. The van der Waals surface area contributed by atoms with Crippen molar-refractivity contribution in [1.82, 2.24) is 0 Å². The van der Waals surface area contributed by atoms with Crippen LogP contribution in [0.1, 0.15) is 24.5 Å². The van der Waals surface area contributed by atoms with Gasteiger partial charge in [0.05, 0.1) is 0 Å². The van der Waals surface area contributed by atoms with Crippen LogP contribution in [-0.4, -0.2) is 0 Å². The minimum absolute atomic E-state index is 0.630. The standard InChI is InChI=1S/C15H19N/c1-12-4-2-3-5-15(12)10-13-6-8-14(11-16)9-7-13/h2-4,6-9,15H,5,10-11,16H2,1H3. The second kappa shape index (κ2) is 5.13. The van der Waals surface area contributed by atoms with Crippen LogP contribution in [0.25, 0.3) is 0 Å². The van der Waals surface area contributed by atoms with E-state index in [9.17, 15) is 0 Å². The Bertz CT molecular complexity index is 398. The van der Waals surface area contributed by atoms with Crippen molar-refractivity contribution in [2.75, 3.05) is 0 Å². The minimum atomic E-state index is 0.630. The third-order valence-electron chi connectivity index (χ3n) is 3.30. The van der Waals surface area contributed by atoms with Crippen molar-refractivity contribution in [3.05, 3.63) is 59.2 Å². The molecule has 0 aromatic heterocycles. The first-order chi connectivity index (χ1) is 7.79. The molecular weight excluding hydrogens is 194 g/mol. The first-order valence-corrected chi connectivity index (χ1v) is 5.91. The Morgan fingerprint density at radius 3 is 2.50 bits per heavy atom. The smallest absolute Gasteiger partial charge is 0.0178 e. The molecule has 0 saturated heterocycles. The van der Waals surface area contributed by atoms with E-state index in [0.29, 0.717) is 12.5 Å². The van der Waals surface area contributed by atoms with E-state index in [0.717, 1.165) is 6.42 Å². The van der Waals surface area contributed by atoms with Crippen LogP contribution in [0.5, 0.6) is 0 Å². The summed E-state index contributed by atoms with van der Waals surface area (Å²) >= 11 is 0. The lowest BCUT2D eigenvalue weighted by Gasteiger charge is -2.18. The molecule has 1 heteroatoms. The van der Waals surface area contributed by atoms with E-state index in [2.05, 4.69) is 49.4 Å². The van der Waals surface area contributed by atoms with Gasteiger partial charge in [-0.15, -0.1) is 0 Å². The predicted molar refractivity (Wildman–Crippen MR) is 69.0 cm³/mol. The molecule has 1 aromatic carbocycles. The van der Waals surface area contributed by atoms with Crippen LogP contribution in [0.3, 0.4) is 0 Å². The van der Waals surface area contributed by atoms with Gasteiger partial charge < -0.3 is 5.73 Å². The Morgan fingerprint density at radius 1 is 1.19 bits per heavy atom. The van der Waals surface area contributed by atoms with E-state index in [1.165, 1.54) is 23.1 Å². The fraction of sp³-hybridized carbons (Fsp3) is 0.333. The first kappa shape index (κ1) is 11.2. The number of benzene rings is 1. The summed E-state index contributed by atoms with van der Waals surface area (Å²) in [6.07, 6.45) is 8.94. The van der Waals surface area contributed by atoms with Crippen molar-refractivity contribution in [2.24, 2.45) is 11.7 Å². The highest BCUT2D eigenvalue weighted by atomic mass is 14.5. The summed E-state index contributed by atoms with van der Waals surface area (Å²) in [7, 11) is 0. The molecule has 2 N–H and O–H groups in total. The summed E-state index contributed by atoms with van der Waals surface area (Å²) in [5, 5.41) is 0. The van der Waals surface area contributed by atoms with Gasteiger partial charge in [-0.3, -0.25) is 0 Å². The van der Waals surface area contributed by atoms with Crippen LogP contribution in [0.2, 0.25) is 0 Å². The highest BCUT2D eigenvalue weighted by Gasteiger charge is 2.11. The lowest BCUT2D eigenvalue weighted by Crippen LogP contribution is -2.07. The van der Waals surface area contributed by atoms with E-state index < -0.39 is 0 Å². The van der Waals surface area contributed by atoms with E-state index in [1.54, 1.807) is 0 Å². The molecular formula is C15H19N. The van der Waals surface area contributed by atoms with Crippen molar-refractivity contribution >= 4 is 0 Å². The van der Waals surface area contributed by atoms with Gasteiger partial charge in [0, 0.05) is 6.54 Å². The van der Waals surface area contributed by atoms with Gasteiger partial charge in [-0.05, 0) is 36.8 Å². The van der Waals surface area contributed by atoms with Crippen molar-refractivity contribution in [2.45, 2.75) is 26.3 Å². The molecule has 0 heterocycles. The Kier molecular flexibility index (Phi) is 3.58. The molecule has 1 aromatic rings. The molecule has 1 atom stereocenters. The van der Waals surface area contributed by atoms with Crippen LogP contribution in [0, 0.1) is 5.92 Å². The number of nitrogens with two attached hydrogens (primary N) is 1. The van der Waals surface area contributed by atoms with E-state index >= 15 is 0 Å².